The molecule has 20 heavy (non-hydrogen) atoms. The predicted octanol–water partition coefficient (Wildman–Crippen LogP) is 1.26. The van der Waals surface area contributed by atoms with Gasteiger partial charge in [-0.3, -0.25) is 4.79 Å². The van der Waals surface area contributed by atoms with E-state index in [1.165, 1.54) is 12.3 Å². The summed E-state index contributed by atoms with van der Waals surface area (Å²) in [6, 6.07) is 7.18. The topological polar surface area (TPSA) is 97.9 Å². The molecule has 2 aromatic rings. The molecule has 0 aliphatic carbocycles. The van der Waals surface area contributed by atoms with Gasteiger partial charge in [0.05, 0.1) is 12.1 Å². The Bertz CT molecular complexity index is 743. The molecule has 0 amide bonds. The van der Waals surface area contributed by atoms with E-state index in [0.29, 0.717) is 12.1 Å². The van der Waals surface area contributed by atoms with E-state index in [-0.39, 0.29) is 12.1 Å². The van der Waals surface area contributed by atoms with E-state index in [4.69, 9.17) is 16.9 Å². The Hall–Kier alpha value is -2.40. The molecule has 5 nitrogen and oxygen atoms in total. The van der Waals surface area contributed by atoms with Crippen molar-refractivity contribution < 1.29 is 0 Å². The normalized spacial score (nSPS) is 11.8. The van der Waals surface area contributed by atoms with Gasteiger partial charge in [0.2, 0.25) is 0 Å². The van der Waals surface area contributed by atoms with E-state index < -0.39 is 0 Å². The average Bonchev–Trinajstić information content (AvgIpc) is 2.47. The fourth-order valence-corrected chi connectivity index (χ4v) is 2.28. The first-order valence-corrected chi connectivity index (χ1v) is 6.35. The lowest BCUT2D eigenvalue weighted by Crippen LogP contribution is -2.21. The number of nitrogens with zero attached hydrogens (tertiary/aromatic N) is 1. The summed E-state index contributed by atoms with van der Waals surface area (Å²) in [5.74, 6) is 0. The van der Waals surface area contributed by atoms with Crippen LogP contribution in [0, 0.1) is 12.3 Å². The second-order valence-corrected chi connectivity index (χ2v) is 4.63. The number of allylic oxidation sites excluding steroid dienone is 1. The fraction of sp³-hybridized carbons (Fsp3) is 0.200. The van der Waals surface area contributed by atoms with Gasteiger partial charge in [-0.2, -0.15) is 0 Å². The maximum absolute atomic E-state index is 12.1. The first-order chi connectivity index (χ1) is 9.62. The zero-order valence-corrected chi connectivity index (χ0v) is 11.4. The molecule has 0 aliphatic rings. The monoisotopic (exact) mass is 270 g/mol. The Balaban J connectivity index is 2.71. The maximum atomic E-state index is 12.1. The van der Waals surface area contributed by atoms with Crippen LogP contribution >= 0.6 is 0 Å². The van der Waals surface area contributed by atoms with Gasteiger partial charge in [0.15, 0.2) is 0 Å². The van der Waals surface area contributed by atoms with Crippen LogP contribution in [-0.4, -0.2) is 10.8 Å². The summed E-state index contributed by atoms with van der Waals surface area (Å²) < 4.78 is 1.62. The lowest BCUT2D eigenvalue weighted by molar-refractivity contribution is 0.799. The zero-order valence-electron chi connectivity index (χ0n) is 11.4. The third-order valence-electron chi connectivity index (χ3n) is 3.51. The summed E-state index contributed by atoms with van der Waals surface area (Å²) in [5.41, 5.74) is 14.6. The molecule has 0 saturated carbocycles. The Morgan fingerprint density at radius 1 is 1.35 bits per heavy atom. The number of benzene rings is 1. The van der Waals surface area contributed by atoms with E-state index in [0.717, 1.165) is 28.2 Å². The lowest BCUT2D eigenvalue weighted by Gasteiger charge is -2.13. The van der Waals surface area contributed by atoms with Crippen LogP contribution in [-0.2, 0) is 13.1 Å². The van der Waals surface area contributed by atoms with Crippen LogP contribution in [0.1, 0.15) is 11.1 Å². The van der Waals surface area contributed by atoms with Gasteiger partial charge < -0.3 is 21.4 Å². The molecule has 0 saturated heterocycles. The first kappa shape index (κ1) is 14.0. The zero-order chi connectivity index (χ0) is 14.7. The van der Waals surface area contributed by atoms with Crippen molar-refractivity contribution in [3.05, 3.63) is 57.5 Å². The second-order valence-electron chi connectivity index (χ2n) is 4.63. The molecule has 0 atom stereocenters. The van der Waals surface area contributed by atoms with Gasteiger partial charge in [-0.15, -0.1) is 0 Å². The Kier molecular flexibility index (Phi) is 4.00. The van der Waals surface area contributed by atoms with Gasteiger partial charge >= 0.3 is 0 Å². The van der Waals surface area contributed by atoms with Gasteiger partial charge in [-0.25, -0.2) is 0 Å². The molecule has 1 aromatic heterocycles. The van der Waals surface area contributed by atoms with Crippen LogP contribution in [0.5, 0.6) is 0 Å². The van der Waals surface area contributed by atoms with Crippen LogP contribution in [0.25, 0.3) is 10.9 Å². The van der Waals surface area contributed by atoms with E-state index in [2.05, 4.69) is 0 Å². The number of fused-ring (bicyclic) bond motifs is 1. The minimum atomic E-state index is -0.112. The molecule has 0 unspecified atom stereocenters. The molecule has 0 fully saturated rings. The highest BCUT2D eigenvalue weighted by Crippen LogP contribution is 2.20. The molecule has 1 aromatic carbocycles. The standard InChI is InChI=1S/C15H18N4O/c1-10-12(8-18)2-4-14-13(10)3-5-15(20)19(14)9-11(6-16)7-17/h2-7,16H,8-9,17-18H2,1H3/b11-7+,16-6?. The summed E-state index contributed by atoms with van der Waals surface area (Å²) in [6.45, 7) is 2.75. The first-order valence-electron chi connectivity index (χ1n) is 6.35. The summed E-state index contributed by atoms with van der Waals surface area (Å²) >= 11 is 0. The molecule has 0 spiro atoms. The number of rotatable bonds is 4. The number of pyridine rings is 1. The van der Waals surface area contributed by atoms with Crippen LogP contribution in [0.2, 0.25) is 0 Å². The third-order valence-corrected chi connectivity index (χ3v) is 3.51. The van der Waals surface area contributed by atoms with E-state index in [1.807, 2.05) is 25.1 Å². The van der Waals surface area contributed by atoms with Crippen molar-refractivity contribution in [2.45, 2.75) is 20.0 Å². The Morgan fingerprint density at radius 2 is 2.10 bits per heavy atom. The highest BCUT2D eigenvalue weighted by molar-refractivity contribution is 5.84. The third kappa shape index (κ3) is 2.35. The van der Waals surface area contributed by atoms with Gasteiger partial charge in [0, 0.05) is 36.0 Å². The van der Waals surface area contributed by atoms with Gasteiger partial charge in [-0.1, -0.05) is 6.07 Å². The van der Waals surface area contributed by atoms with Gasteiger partial charge in [0.25, 0.3) is 5.56 Å². The largest absolute Gasteiger partial charge is 0.404 e. The van der Waals surface area contributed by atoms with E-state index in [1.54, 1.807) is 4.57 Å². The summed E-state index contributed by atoms with van der Waals surface area (Å²) in [7, 11) is 0. The minimum Gasteiger partial charge on any atom is -0.404 e. The number of hydrogen-bond donors (Lipinski definition) is 3. The molecule has 104 valence electrons. The number of nitrogens with one attached hydrogen (secondary N) is 1. The maximum Gasteiger partial charge on any atom is 0.251 e. The van der Waals surface area contributed by atoms with Crippen LogP contribution < -0.4 is 17.0 Å². The molecule has 0 radical (unpaired) electrons. The van der Waals surface area contributed by atoms with Crippen molar-refractivity contribution in [3.8, 4) is 0 Å². The second kappa shape index (κ2) is 5.71. The number of aromatic nitrogens is 1. The quantitative estimate of drug-likeness (QED) is 0.729. The molecule has 0 aliphatic heterocycles. The Morgan fingerprint density at radius 3 is 2.70 bits per heavy atom. The molecule has 2 rings (SSSR count). The van der Waals surface area contributed by atoms with Crippen LogP contribution in [0.4, 0.5) is 0 Å². The van der Waals surface area contributed by atoms with E-state index >= 15 is 0 Å². The van der Waals surface area contributed by atoms with Crippen molar-refractivity contribution in [2.75, 3.05) is 0 Å². The molecular weight excluding hydrogens is 252 g/mol. The molecule has 5 N–H and O–H groups in total. The van der Waals surface area contributed by atoms with Crippen molar-refractivity contribution in [1.82, 2.24) is 4.57 Å². The molecule has 1 heterocycles. The van der Waals surface area contributed by atoms with Gasteiger partial charge in [-0.05, 0) is 30.2 Å². The van der Waals surface area contributed by atoms with Crippen molar-refractivity contribution in [3.63, 3.8) is 0 Å². The Labute approximate surface area is 117 Å². The SMILES string of the molecule is Cc1c(CN)ccc2c1ccc(=O)n2C/C(C=N)=C/N. The summed E-state index contributed by atoms with van der Waals surface area (Å²) in [6.07, 6.45) is 2.51. The number of nitrogens with two attached hydrogens (primary N) is 2. The van der Waals surface area contributed by atoms with Crippen LogP contribution in [0.15, 0.2) is 40.8 Å². The van der Waals surface area contributed by atoms with Crippen LogP contribution in [0.3, 0.4) is 0 Å². The molecule has 0 bridgehead atoms. The smallest absolute Gasteiger partial charge is 0.251 e. The van der Waals surface area contributed by atoms with Gasteiger partial charge in [0.1, 0.15) is 0 Å². The molecule has 5 heteroatoms. The average molecular weight is 270 g/mol. The lowest BCUT2D eigenvalue weighted by atomic mass is 10.0. The summed E-state index contributed by atoms with van der Waals surface area (Å²) in [4.78, 5) is 12.1. The predicted molar refractivity (Wildman–Crippen MR) is 81.9 cm³/mol. The number of aryl methyl sites for hydroxylation is 1. The number of hydrogen-bond acceptors (Lipinski definition) is 4. The highest BCUT2D eigenvalue weighted by atomic mass is 16.1. The van der Waals surface area contributed by atoms with Crippen molar-refractivity contribution in [2.24, 2.45) is 11.5 Å². The highest BCUT2D eigenvalue weighted by Gasteiger charge is 2.08. The minimum absolute atomic E-state index is 0.112. The fourth-order valence-electron chi connectivity index (χ4n) is 2.28. The van der Waals surface area contributed by atoms with Crippen molar-refractivity contribution in [1.29, 1.82) is 5.41 Å². The summed E-state index contributed by atoms with van der Waals surface area (Å²) in [5, 5.41) is 8.28. The molecular formula is C15H18N4O. The van der Waals surface area contributed by atoms with Crippen molar-refractivity contribution >= 4 is 17.1 Å². The van der Waals surface area contributed by atoms with E-state index in [9.17, 15) is 4.79 Å².